The number of halogens is 3. The standard InChI is InChI=1S/C16H17ClF2N4O3S/c1-27(25,26)23(14-4-2-3-12(17)7-14)10-13-6-5-11(8-20-13)9-21-22-16(24)15(18)19/h2-8,15,21H,9-10H2,1H3,(H,22,24). The molecule has 0 aliphatic rings. The molecule has 27 heavy (non-hydrogen) atoms. The van der Waals surface area contributed by atoms with Crippen LogP contribution in [0.3, 0.4) is 0 Å². The molecule has 0 radical (unpaired) electrons. The second kappa shape index (κ2) is 9.07. The van der Waals surface area contributed by atoms with Crippen molar-refractivity contribution in [3.63, 3.8) is 0 Å². The quantitative estimate of drug-likeness (QED) is 0.640. The molecule has 0 atom stereocenters. The third kappa shape index (κ3) is 6.42. The van der Waals surface area contributed by atoms with Crippen LogP contribution in [0, 0.1) is 0 Å². The average molecular weight is 419 g/mol. The van der Waals surface area contributed by atoms with E-state index >= 15 is 0 Å². The number of rotatable bonds is 8. The molecule has 0 bridgehead atoms. The number of carbonyl (C=O) groups excluding carboxylic acids is 1. The summed E-state index contributed by atoms with van der Waals surface area (Å²) in [5, 5.41) is 0.404. The van der Waals surface area contributed by atoms with Gasteiger partial charge >= 0.3 is 12.3 Å². The van der Waals surface area contributed by atoms with Gasteiger partial charge in [0, 0.05) is 17.8 Å². The van der Waals surface area contributed by atoms with Gasteiger partial charge in [0.05, 0.1) is 24.2 Å². The van der Waals surface area contributed by atoms with Crippen molar-refractivity contribution in [3.05, 3.63) is 58.9 Å². The number of hydrogen-bond donors (Lipinski definition) is 2. The van der Waals surface area contributed by atoms with Crippen molar-refractivity contribution in [3.8, 4) is 0 Å². The third-order valence-electron chi connectivity index (χ3n) is 3.39. The lowest BCUT2D eigenvalue weighted by Crippen LogP contribution is -2.40. The molecule has 1 amide bonds. The van der Waals surface area contributed by atoms with Crippen LogP contribution in [-0.4, -0.2) is 32.0 Å². The summed E-state index contributed by atoms with van der Waals surface area (Å²) >= 11 is 5.93. The molecule has 0 unspecified atom stereocenters. The number of sulfonamides is 1. The zero-order valence-corrected chi connectivity index (χ0v) is 15.8. The second-order valence-corrected chi connectivity index (χ2v) is 7.89. The van der Waals surface area contributed by atoms with Crippen molar-refractivity contribution in [2.24, 2.45) is 0 Å². The highest BCUT2D eigenvalue weighted by atomic mass is 35.5. The van der Waals surface area contributed by atoms with Gasteiger partial charge in [-0.05, 0) is 29.8 Å². The highest BCUT2D eigenvalue weighted by molar-refractivity contribution is 7.92. The number of anilines is 1. The molecule has 1 heterocycles. The van der Waals surface area contributed by atoms with Gasteiger partial charge in [-0.1, -0.05) is 23.7 Å². The van der Waals surface area contributed by atoms with Gasteiger partial charge in [-0.2, -0.15) is 8.78 Å². The van der Waals surface area contributed by atoms with Crippen LogP contribution in [0.2, 0.25) is 5.02 Å². The van der Waals surface area contributed by atoms with Crippen LogP contribution in [0.4, 0.5) is 14.5 Å². The Morgan fingerprint density at radius 2 is 2.04 bits per heavy atom. The minimum atomic E-state index is -3.57. The number of nitrogens with one attached hydrogen (secondary N) is 2. The fraction of sp³-hybridized carbons (Fsp3) is 0.250. The third-order valence-corrected chi connectivity index (χ3v) is 4.77. The topological polar surface area (TPSA) is 91.4 Å². The molecule has 11 heteroatoms. The summed E-state index contributed by atoms with van der Waals surface area (Å²) in [6.45, 7) is 0.0742. The summed E-state index contributed by atoms with van der Waals surface area (Å²) in [6, 6.07) is 9.69. The number of carbonyl (C=O) groups is 1. The summed E-state index contributed by atoms with van der Waals surface area (Å²) in [7, 11) is -3.57. The van der Waals surface area contributed by atoms with E-state index < -0.39 is 22.4 Å². The van der Waals surface area contributed by atoms with E-state index in [-0.39, 0.29) is 13.1 Å². The average Bonchev–Trinajstić information content (AvgIpc) is 2.59. The van der Waals surface area contributed by atoms with E-state index in [4.69, 9.17) is 11.6 Å². The Bertz CT molecular complexity index is 895. The van der Waals surface area contributed by atoms with E-state index in [0.717, 1.165) is 6.26 Å². The molecule has 0 fully saturated rings. The molecule has 0 saturated heterocycles. The lowest BCUT2D eigenvalue weighted by atomic mass is 10.2. The molecule has 0 saturated carbocycles. The second-order valence-electron chi connectivity index (χ2n) is 5.55. The van der Waals surface area contributed by atoms with E-state index in [1.54, 1.807) is 30.3 Å². The molecule has 1 aromatic carbocycles. The zero-order valence-electron chi connectivity index (χ0n) is 14.2. The first kappa shape index (κ1) is 21.0. The van der Waals surface area contributed by atoms with Gasteiger partial charge in [-0.15, -0.1) is 0 Å². The number of hydrogen-bond acceptors (Lipinski definition) is 5. The molecule has 0 aliphatic carbocycles. The van der Waals surface area contributed by atoms with Gasteiger partial charge in [-0.25, -0.2) is 13.8 Å². The van der Waals surface area contributed by atoms with Crippen LogP contribution in [0.15, 0.2) is 42.6 Å². The van der Waals surface area contributed by atoms with Crippen molar-refractivity contribution in [1.29, 1.82) is 0 Å². The Kier molecular flexibility index (Phi) is 7.05. The Morgan fingerprint density at radius 1 is 1.30 bits per heavy atom. The van der Waals surface area contributed by atoms with Crippen molar-refractivity contribution in [2.45, 2.75) is 19.5 Å². The number of pyridine rings is 1. The number of amides is 1. The summed E-state index contributed by atoms with van der Waals surface area (Å²) in [4.78, 5) is 14.9. The maximum Gasteiger partial charge on any atom is 0.316 e. The molecular weight excluding hydrogens is 402 g/mol. The van der Waals surface area contributed by atoms with E-state index in [9.17, 15) is 22.0 Å². The van der Waals surface area contributed by atoms with E-state index in [1.807, 2.05) is 5.43 Å². The molecule has 2 rings (SSSR count). The van der Waals surface area contributed by atoms with Crippen LogP contribution in [0.1, 0.15) is 11.3 Å². The normalized spacial score (nSPS) is 11.4. The minimum Gasteiger partial charge on any atom is -0.286 e. The van der Waals surface area contributed by atoms with E-state index in [0.29, 0.717) is 22.0 Å². The lowest BCUT2D eigenvalue weighted by molar-refractivity contribution is -0.132. The first-order chi connectivity index (χ1) is 12.7. The predicted molar refractivity (Wildman–Crippen MR) is 97.7 cm³/mol. The highest BCUT2D eigenvalue weighted by Gasteiger charge is 2.19. The first-order valence-electron chi connectivity index (χ1n) is 7.65. The number of nitrogens with zero attached hydrogens (tertiary/aromatic N) is 2. The smallest absolute Gasteiger partial charge is 0.286 e. The zero-order chi connectivity index (χ0) is 20.0. The Hall–Kier alpha value is -2.30. The summed E-state index contributed by atoms with van der Waals surface area (Å²) in [5.74, 6) is -1.43. The molecule has 146 valence electrons. The largest absolute Gasteiger partial charge is 0.316 e. The highest BCUT2D eigenvalue weighted by Crippen LogP contribution is 2.23. The van der Waals surface area contributed by atoms with Crippen LogP contribution >= 0.6 is 11.6 Å². The predicted octanol–water partition coefficient (Wildman–Crippen LogP) is 2.09. The van der Waals surface area contributed by atoms with Gasteiger partial charge in [0.2, 0.25) is 10.0 Å². The number of benzene rings is 1. The minimum absolute atomic E-state index is 0.00496. The van der Waals surface area contributed by atoms with Crippen molar-refractivity contribution < 1.29 is 22.0 Å². The Balaban J connectivity index is 2.06. The first-order valence-corrected chi connectivity index (χ1v) is 9.87. The van der Waals surface area contributed by atoms with Crippen molar-refractivity contribution in [1.82, 2.24) is 15.8 Å². The summed E-state index contributed by atoms with van der Waals surface area (Å²) in [5.41, 5.74) is 5.71. The fourth-order valence-corrected chi connectivity index (χ4v) is 3.17. The van der Waals surface area contributed by atoms with Gasteiger partial charge in [0.25, 0.3) is 0 Å². The molecule has 2 aromatic rings. The monoisotopic (exact) mass is 418 g/mol. The lowest BCUT2D eigenvalue weighted by Gasteiger charge is -2.22. The van der Waals surface area contributed by atoms with Crippen LogP contribution in [-0.2, 0) is 27.9 Å². The Labute approximate surface area is 160 Å². The molecular formula is C16H17ClF2N4O3S. The molecule has 0 spiro atoms. The van der Waals surface area contributed by atoms with Gasteiger partial charge in [0.1, 0.15) is 0 Å². The van der Waals surface area contributed by atoms with Crippen LogP contribution in [0.25, 0.3) is 0 Å². The maximum atomic E-state index is 12.1. The molecule has 2 N–H and O–H groups in total. The summed E-state index contributed by atoms with van der Waals surface area (Å²) in [6.07, 6.45) is -0.570. The molecule has 1 aromatic heterocycles. The molecule has 0 aliphatic heterocycles. The number of hydrazine groups is 1. The number of alkyl halides is 2. The van der Waals surface area contributed by atoms with Crippen molar-refractivity contribution in [2.75, 3.05) is 10.6 Å². The van der Waals surface area contributed by atoms with Crippen LogP contribution in [0.5, 0.6) is 0 Å². The fourth-order valence-electron chi connectivity index (χ4n) is 2.12. The van der Waals surface area contributed by atoms with Gasteiger partial charge < -0.3 is 0 Å². The molecule has 7 nitrogen and oxygen atoms in total. The van der Waals surface area contributed by atoms with Crippen molar-refractivity contribution >= 4 is 33.2 Å². The van der Waals surface area contributed by atoms with Gasteiger partial charge in [-0.3, -0.25) is 19.5 Å². The van der Waals surface area contributed by atoms with Crippen LogP contribution < -0.4 is 15.2 Å². The summed E-state index contributed by atoms with van der Waals surface area (Å²) < 4.78 is 49.5. The SMILES string of the molecule is CS(=O)(=O)N(Cc1ccc(CNNC(=O)C(F)F)cn1)c1cccc(Cl)c1. The van der Waals surface area contributed by atoms with E-state index in [2.05, 4.69) is 10.4 Å². The van der Waals surface area contributed by atoms with Gasteiger partial charge in [0.15, 0.2) is 0 Å². The maximum absolute atomic E-state index is 12.1. The Morgan fingerprint density at radius 3 is 2.59 bits per heavy atom. The van der Waals surface area contributed by atoms with E-state index in [1.165, 1.54) is 16.6 Å². The number of aromatic nitrogens is 1.